The highest BCUT2D eigenvalue weighted by molar-refractivity contribution is 6.00. The molecule has 0 radical (unpaired) electrons. The van der Waals surface area contributed by atoms with Gasteiger partial charge in [0.1, 0.15) is 5.69 Å². The van der Waals surface area contributed by atoms with Crippen molar-refractivity contribution >= 4 is 5.91 Å². The predicted octanol–water partition coefficient (Wildman–Crippen LogP) is 4.27. The third-order valence-corrected chi connectivity index (χ3v) is 4.83. The van der Waals surface area contributed by atoms with E-state index in [0.717, 1.165) is 11.3 Å². The number of para-hydroxylation sites is 1. The van der Waals surface area contributed by atoms with Crippen molar-refractivity contribution < 1.29 is 4.79 Å². The standard InChI is InChI=1S/C24H30N4O/c1-17-11-12-19(15-18(17)2)22-21(23(29)25-13-14-26-24(3,4)5)16-28(27-22)20-9-7-6-8-10-20/h6-12,15-16,26H,13-14H2,1-5H3,(H,25,29). The molecule has 2 N–H and O–H groups in total. The maximum absolute atomic E-state index is 13.0. The number of aromatic nitrogens is 2. The number of nitrogens with one attached hydrogen (secondary N) is 2. The Hall–Kier alpha value is -2.92. The van der Waals surface area contributed by atoms with Gasteiger partial charge < -0.3 is 10.6 Å². The minimum Gasteiger partial charge on any atom is -0.351 e. The van der Waals surface area contributed by atoms with Crippen LogP contribution in [0.25, 0.3) is 16.9 Å². The molecular weight excluding hydrogens is 360 g/mol. The Bertz CT molecular complexity index is 984. The van der Waals surface area contributed by atoms with Crippen LogP contribution in [-0.4, -0.2) is 34.3 Å². The summed E-state index contributed by atoms with van der Waals surface area (Å²) in [7, 11) is 0. The zero-order chi connectivity index (χ0) is 21.0. The van der Waals surface area contributed by atoms with Crippen molar-refractivity contribution in [2.24, 2.45) is 0 Å². The Morgan fingerprint density at radius 3 is 2.38 bits per heavy atom. The third kappa shape index (κ3) is 5.33. The van der Waals surface area contributed by atoms with E-state index in [1.165, 1.54) is 11.1 Å². The van der Waals surface area contributed by atoms with E-state index in [4.69, 9.17) is 5.10 Å². The fourth-order valence-corrected chi connectivity index (χ4v) is 3.06. The molecule has 0 aliphatic rings. The molecule has 1 heterocycles. The van der Waals surface area contributed by atoms with Crippen LogP contribution in [0.4, 0.5) is 0 Å². The van der Waals surface area contributed by atoms with Crippen molar-refractivity contribution in [3.63, 3.8) is 0 Å². The van der Waals surface area contributed by atoms with Crippen LogP contribution >= 0.6 is 0 Å². The fourth-order valence-electron chi connectivity index (χ4n) is 3.06. The van der Waals surface area contributed by atoms with E-state index in [-0.39, 0.29) is 11.4 Å². The van der Waals surface area contributed by atoms with Gasteiger partial charge in [-0.3, -0.25) is 4.79 Å². The molecular formula is C24H30N4O. The Labute approximate surface area is 173 Å². The van der Waals surface area contributed by atoms with Gasteiger partial charge in [-0.05, 0) is 63.9 Å². The van der Waals surface area contributed by atoms with Crippen LogP contribution in [0.1, 0.15) is 42.3 Å². The lowest BCUT2D eigenvalue weighted by Gasteiger charge is -2.20. The second-order valence-electron chi connectivity index (χ2n) is 8.40. The fraction of sp³-hybridized carbons (Fsp3) is 0.333. The number of hydrogen-bond acceptors (Lipinski definition) is 3. The van der Waals surface area contributed by atoms with Gasteiger partial charge in [-0.15, -0.1) is 0 Å². The number of rotatable bonds is 6. The number of nitrogens with zero attached hydrogens (tertiary/aromatic N) is 2. The van der Waals surface area contributed by atoms with Gasteiger partial charge in [0.2, 0.25) is 0 Å². The molecule has 0 saturated heterocycles. The molecule has 0 bridgehead atoms. The predicted molar refractivity (Wildman–Crippen MR) is 119 cm³/mol. The minimum absolute atomic E-state index is 0.0213. The molecule has 0 fully saturated rings. The molecule has 3 aromatic rings. The van der Waals surface area contributed by atoms with E-state index < -0.39 is 0 Å². The van der Waals surface area contributed by atoms with Gasteiger partial charge in [0.15, 0.2) is 0 Å². The first-order valence-corrected chi connectivity index (χ1v) is 10.0. The summed E-state index contributed by atoms with van der Waals surface area (Å²) in [6, 6.07) is 16.0. The van der Waals surface area contributed by atoms with Crippen molar-refractivity contribution in [3.8, 4) is 16.9 Å². The van der Waals surface area contributed by atoms with Gasteiger partial charge in [0, 0.05) is 30.4 Å². The average Bonchev–Trinajstić information content (AvgIpc) is 3.13. The maximum atomic E-state index is 13.0. The molecule has 1 aromatic heterocycles. The lowest BCUT2D eigenvalue weighted by atomic mass is 10.0. The molecule has 0 unspecified atom stereocenters. The Morgan fingerprint density at radius 1 is 1.00 bits per heavy atom. The molecule has 5 nitrogen and oxygen atoms in total. The van der Waals surface area contributed by atoms with Crippen molar-refractivity contribution in [1.29, 1.82) is 0 Å². The molecule has 0 saturated carbocycles. The zero-order valence-electron chi connectivity index (χ0n) is 17.9. The highest BCUT2D eigenvalue weighted by Crippen LogP contribution is 2.25. The maximum Gasteiger partial charge on any atom is 0.255 e. The van der Waals surface area contributed by atoms with Crippen LogP contribution < -0.4 is 10.6 Å². The molecule has 0 atom stereocenters. The molecule has 0 spiro atoms. The largest absolute Gasteiger partial charge is 0.351 e. The number of carbonyl (C=O) groups is 1. The first kappa shape index (κ1) is 20.8. The smallest absolute Gasteiger partial charge is 0.255 e. The van der Waals surface area contributed by atoms with E-state index in [1.54, 1.807) is 4.68 Å². The summed E-state index contributed by atoms with van der Waals surface area (Å²) in [5.74, 6) is -0.115. The van der Waals surface area contributed by atoms with Crippen LogP contribution in [-0.2, 0) is 0 Å². The number of carbonyl (C=O) groups excluding carboxylic acids is 1. The zero-order valence-corrected chi connectivity index (χ0v) is 17.9. The number of benzene rings is 2. The van der Waals surface area contributed by atoms with E-state index >= 15 is 0 Å². The second-order valence-corrected chi connectivity index (χ2v) is 8.40. The number of aryl methyl sites for hydroxylation is 2. The monoisotopic (exact) mass is 390 g/mol. The van der Waals surface area contributed by atoms with Gasteiger partial charge in [-0.1, -0.05) is 30.3 Å². The topological polar surface area (TPSA) is 59.0 Å². The van der Waals surface area contributed by atoms with E-state index in [1.807, 2.05) is 42.6 Å². The molecule has 1 amide bonds. The molecule has 29 heavy (non-hydrogen) atoms. The SMILES string of the molecule is Cc1ccc(-c2nn(-c3ccccc3)cc2C(=O)NCCNC(C)(C)C)cc1C. The van der Waals surface area contributed by atoms with Crippen LogP contribution in [0.5, 0.6) is 0 Å². The normalized spacial score (nSPS) is 11.5. The van der Waals surface area contributed by atoms with E-state index in [0.29, 0.717) is 24.3 Å². The first-order chi connectivity index (χ1) is 13.7. The Morgan fingerprint density at radius 2 is 1.72 bits per heavy atom. The molecule has 0 aliphatic carbocycles. The summed E-state index contributed by atoms with van der Waals surface area (Å²) in [4.78, 5) is 13.0. The average molecular weight is 391 g/mol. The summed E-state index contributed by atoms with van der Waals surface area (Å²) < 4.78 is 1.77. The summed E-state index contributed by atoms with van der Waals surface area (Å²) in [6.45, 7) is 11.7. The van der Waals surface area contributed by atoms with Crippen molar-refractivity contribution in [2.45, 2.75) is 40.2 Å². The molecule has 5 heteroatoms. The van der Waals surface area contributed by atoms with Crippen LogP contribution in [0.3, 0.4) is 0 Å². The van der Waals surface area contributed by atoms with Crippen LogP contribution in [0, 0.1) is 13.8 Å². The van der Waals surface area contributed by atoms with Gasteiger partial charge in [-0.25, -0.2) is 4.68 Å². The van der Waals surface area contributed by atoms with Gasteiger partial charge in [0.05, 0.1) is 11.3 Å². The van der Waals surface area contributed by atoms with Gasteiger partial charge >= 0.3 is 0 Å². The summed E-state index contributed by atoms with van der Waals surface area (Å²) >= 11 is 0. The number of amides is 1. The van der Waals surface area contributed by atoms with Crippen molar-refractivity contribution in [3.05, 3.63) is 71.4 Å². The van der Waals surface area contributed by atoms with Crippen molar-refractivity contribution in [1.82, 2.24) is 20.4 Å². The Kier molecular flexibility index (Phi) is 6.18. The summed E-state index contributed by atoms with van der Waals surface area (Å²) in [6.07, 6.45) is 1.81. The second kappa shape index (κ2) is 8.62. The van der Waals surface area contributed by atoms with Gasteiger partial charge in [0.25, 0.3) is 5.91 Å². The quantitative estimate of drug-likeness (QED) is 0.618. The van der Waals surface area contributed by atoms with Crippen molar-refractivity contribution in [2.75, 3.05) is 13.1 Å². The third-order valence-electron chi connectivity index (χ3n) is 4.83. The van der Waals surface area contributed by atoms with Crippen LogP contribution in [0.15, 0.2) is 54.7 Å². The molecule has 2 aromatic carbocycles. The summed E-state index contributed by atoms with van der Waals surface area (Å²) in [5.41, 5.74) is 5.55. The van der Waals surface area contributed by atoms with Crippen LogP contribution in [0.2, 0.25) is 0 Å². The molecule has 3 rings (SSSR count). The highest BCUT2D eigenvalue weighted by atomic mass is 16.1. The summed E-state index contributed by atoms with van der Waals surface area (Å²) in [5, 5.41) is 11.2. The Balaban J connectivity index is 1.90. The van der Waals surface area contributed by atoms with E-state index in [2.05, 4.69) is 57.4 Å². The minimum atomic E-state index is -0.115. The lowest BCUT2D eigenvalue weighted by Crippen LogP contribution is -2.41. The number of hydrogen-bond donors (Lipinski definition) is 2. The molecule has 0 aliphatic heterocycles. The van der Waals surface area contributed by atoms with Gasteiger partial charge in [-0.2, -0.15) is 5.10 Å². The molecule has 152 valence electrons. The lowest BCUT2D eigenvalue weighted by molar-refractivity contribution is 0.0953. The highest BCUT2D eigenvalue weighted by Gasteiger charge is 2.19. The van der Waals surface area contributed by atoms with E-state index in [9.17, 15) is 4.79 Å². The first-order valence-electron chi connectivity index (χ1n) is 10.0.